The molecule has 0 bridgehead atoms. The van der Waals surface area contributed by atoms with Crippen molar-refractivity contribution in [1.29, 1.82) is 0 Å². The molecule has 0 radical (unpaired) electrons. The zero-order chi connectivity index (χ0) is 18.8. The molecule has 3 aromatic carbocycles. The quantitative estimate of drug-likeness (QED) is 0.558. The largest absolute Gasteiger partial charge is 0.489 e. The number of benzene rings is 3. The lowest BCUT2D eigenvalue weighted by Gasteiger charge is -2.41. The number of fused-ring (bicyclic) bond motifs is 1. The van der Waals surface area contributed by atoms with E-state index in [0.717, 1.165) is 22.4 Å². The lowest BCUT2D eigenvalue weighted by Crippen LogP contribution is -2.44. The van der Waals surface area contributed by atoms with Gasteiger partial charge in [-0.25, -0.2) is 0 Å². The summed E-state index contributed by atoms with van der Waals surface area (Å²) in [6, 6.07) is 28.1. The molecule has 0 spiro atoms. The van der Waals surface area contributed by atoms with Crippen molar-refractivity contribution in [1.82, 2.24) is 0 Å². The van der Waals surface area contributed by atoms with E-state index in [9.17, 15) is 4.79 Å². The van der Waals surface area contributed by atoms with Crippen molar-refractivity contribution in [3.8, 4) is 5.75 Å². The molecule has 0 amide bonds. The first kappa shape index (κ1) is 17.5. The molecule has 0 fully saturated rings. The van der Waals surface area contributed by atoms with Crippen molar-refractivity contribution in [3.05, 3.63) is 102 Å². The number of carbonyl (C=O) groups is 1. The highest BCUT2D eigenvalue weighted by Gasteiger charge is 2.44. The first-order valence-corrected chi connectivity index (χ1v) is 9.56. The van der Waals surface area contributed by atoms with Crippen LogP contribution in [0.5, 0.6) is 5.75 Å². The Labute approximate surface area is 160 Å². The van der Waals surface area contributed by atoms with Crippen LogP contribution in [0, 0.1) is 11.8 Å². The van der Waals surface area contributed by atoms with Crippen LogP contribution in [0.4, 0.5) is 0 Å². The van der Waals surface area contributed by atoms with Crippen molar-refractivity contribution in [2.75, 3.05) is 0 Å². The number of hydrogen-bond acceptors (Lipinski definition) is 2. The maximum atomic E-state index is 13.6. The summed E-state index contributed by atoms with van der Waals surface area (Å²) >= 11 is 0. The molecule has 0 aliphatic carbocycles. The van der Waals surface area contributed by atoms with Gasteiger partial charge in [0, 0.05) is 17.0 Å². The molecule has 2 heteroatoms. The second-order valence-electron chi connectivity index (χ2n) is 7.51. The van der Waals surface area contributed by atoms with Gasteiger partial charge in [-0.1, -0.05) is 92.7 Å². The van der Waals surface area contributed by atoms with Crippen LogP contribution in [0.15, 0.2) is 84.9 Å². The van der Waals surface area contributed by atoms with Gasteiger partial charge in [-0.2, -0.15) is 0 Å². The van der Waals surface area contributed by atoms with Crippen LogP contribution >= 0.6 is 0 Å². The molecule has 1 aliphatic rings. The second kappa shape index (κ2) is 7.40. The SMILES string of the molecule is CC(C)C1Oc2ccccc2C(c2ccccc2)C1C(=O)c1ccccc1. The molecule has 0 saturated carbocycles. The van der Waals surface area contributed by atoms with Crippen molar-refractivity contribution in [3.63, 3.8) is 0 Å². The van der Waals surface area contributed by atoms with Gasteiger partial charge in [-0.15, -0.1) is 0 Å². The average molecular weight is 356 g/mol. The van der Waals surface area contributed by atoms with Crippen LogP contribution in [-0.2, 0) is 0 Å². The fourth-order valence-electron chi connectivity index (χ4n) is 4.14. The topological polar surface area (TPSA) is 26.3 Å². The number of rotatable bonds is 4. The Morgan fingerprint density at radius 1 is 0.815 bits per heavy atom. The van der Waals surface area contributed by atoms with Crippen LogP contribution < -0.4 is 4.74 Å². The van der Waals surface area contributed by atoms with E-state index in [1.165, 1.54) is 0 Å². The van der Waals surface area contributed by atoms with Gasteiger partial charge in [-0.05, 0) is 17.5 Å². The van der Waals surface area contributed by atoms with E-state index in [1.54, 1.807) is 0 Å². The Bertz CT molecular complexity index is 915. The van der Waals surface area contributed by atoms with E-state index in [4.69, 9.17) is 4.74 Å². The van der Waals surface area contributed by atoms with Crippen LogP contribution in [-0.4, -0.2) is 11.9 Å². The summed E-state index contributed by atoms with van der Waals surface area (Å²) in [6.07, 6.45) is -0.169. The fourth-order valence-corrected chi connectivity index (χ4v) is 4.14. The monoisotopic (exact) mass is 356 g/mol. The number of Topliss-reactive ketones (excluding diaryl/α,β-unsaturated/α-hetero) is 1. The number of carbonyl (C=O) groups excluding carboxylic acids is 1. The van der Waals surface area contributed by atoms with Crippen LogP contribution in [0.25, 0.3) is 0 Å². The van der Waals surface area contributed by atoms with E-state index in [0.29, 0.717) is 0 Å². The lowest BCUT2D eigenvalue weighted by atomic mass is 9.70. The summed E-state index contributed by atoms with van der Waals surface area (Å²) in [5, 5.41) is 0. The second-order valence-corrected chi connectivity index (χ2v) is 7.51. The summed E-state index contributed by atoms with van der Waals surface area (Å²) in [5.41, 5.74) is 3.00. The molecule has 0 saturated heterocycles. The Morgan fingerprint density at radius 3 is 2.07 bits per heavy atom. The van der Waals surface area contributed by atoms with Gasteiger partial charge in [0.25, 0.3) is 0 Å². The Balaban J connectivity index is 1.89. The summed E-state index contributed by atoms with van der Waals surface area (Å²) in [4.78, 5) is 13.6. The van der Waals surface area contributed by atoms with E-state index in [1.807, 2.05) is 66.7 Å². The van der Waals surface area contributed by atoms with Gasteiger partial charge in [0.15, 0.2) is 5.78 Å². The van der Waals surface area contributed by atoms with Gasteiger partial charge >= 0.3 is 0 Å². The van der Waals surface area contributed by atoms with Crippen molar-refractivity contribution >= 4 is 5.78 Å². The lowest BCUT2D eigenvalue weighted by molar-refractivity contribution is 0.0477. The molecule has 2 nitrogen and oxygen atoms in total. The predicted molar refractivity (Wildman–Crippen MR) is 108 cm³/mol. The molecule has 27 heavy (non-hydrogen) atoms. The minimum Gasteiger partial charge on any atom is -0.489 e. The average Bonchev–Trinajstić information content (AvgIpc) is 2.73. The first-order valence-electron chi connectivity index (χ1n) is 9.56. The predicted octanol–water partition coefficient (Wildman–Crippen LogP) is 5.73. The number of ether oxygens (including phenoxy) is 1. The van der Waals surface area contributed by atoms with E-state index >= 15 is 0 Å². The summed E-state index contributed by atoms with van der Waals surface area (Å²) in [5.74, 6) is 0.989. The molecule has 3 aromatic rings. The molecule has 3 atom stereocenters. The maximum Gasteiger partial charge on any atom is 0.170 e. The molecular formula is C25H24O2. The van der Waals surface area contributed by atoms with Crippen LogP contribution in [0.2, 0.25) is 0 Å². The third-order valence-corrected chi connectivity index (χ3v) is 5.41. The van der Waals surface area contributed by atoms with E-state index in [2.05, 4.69) is 32.0 Å². The first-order chi connectivity index (χ1) is 13.2. The summed E-state index contributed by atoms with van der Waals surface area (Å²) in [7, 11) is 0. The fraction of sp³-hybridized carbons (Fsp3) is 0.240. The summed E-state index contributed by atoms with van der Waals surface area (Å²) < 4.78 is 6.38. The molecule has 0 aromatic heterocycles. The molecule has 1 heterocycles. The standard InChI is InChI=1S/C25H24O2/c1-17(2)25-23(24(26)19-13-7-4-8-14-19)22(18-11-5-3-6-12-18)20-15-9-10-16-21(20)27-25/h3-17,22-23,25H,1-2H3. The highest BCUT2D eigenvalue weighted by atomic mass is 16.5. The van der Waals surface area contributed by atoms with Gasteiger partial charge in [-0.3, -0.25) is 4.79 Å². The minimum absolute atomic E-state index is 0.0174. The van der Waals surface area contributed by atoms with E-state index in [-0.39, 0.29) is 29.6 Å². The van der Waals surface area contributed by atoms with Gasteiger partial charge < -0.3 is 4.74 Å². The molecule has 1 aliphatic heterocycles. The minimum atomic E-state index is -0.260. The highest BCUT2D eigenvalue weighted by molar-refractivity contribution is 5.99. The maximum absolute atomic E-state index is 13.6. The number of ketones is 1. The molecule has 136 valence electrons. The Kier molecular flexibility index (Phi) is 4.81. The van der Waals surface area contributed by atoms with E-state index < -0.39 is 0 Å². The number of para-hydroxylation sites is 1. The zero-order valence-corrected chi connectivity index (χ0v) is 15.7. The molecular weight excluding hydrogens is 332 g/mol. The third-order valence-electron chi connectivity index (χ3n) is 5.41. The van der Waals surface area contributed by atoms with Crippen molar-refractivity contribution in [2.24, 2.45) is 11.8 Å². The van der Waals surface area contributed by atoms with Gasteiger partial charge in [0.2, 0.25) is 0 Å². The highest BCUT2D eigenvalue weighted by Crippen LogP contribution is 2.46. The third kappa shape index (κ3) is 3.28. The smallest absolute Gasteiger partial charge is 0.170 e. The molecule has 4 rings (SSSR count). The molecule has 0 N–H and O–H groups in total. The van der Waals surface area contributed by atoms with Crippen LogP contribution in [0.3, 0.4) is 0 Å². The summed E-state index contributed by atoms with van der Waals surface area (Å²) in [6.45, 7) is 4.26. The van der Waals surface area contributed by atoms with Crippen LogP contribution in [0.1, 0.15) is 41.3 Å². The Hall–Kier alpha value is -2.87. The van der Waals surface area contributed by atoms with Crippen molar-refractivity contribution < 1.29 is 9.53 Å². The number of hydrogen-bond donors (Lipinski definition) is 0. The zero-order valence-electron chi connectivity index (χ0n) is 15.7. The normalized spacial score (nSPS) is 21.4. The Morgan fingerprint density at radius 2 is 1.41 bits per heavy atom. The molecule has 3 unspecified atom stereocenters. The van der Waals surface area contributed by atoms with Crippen molar-refractivity contribution in [2.45, 2.75) is 25.9 Å². The van der Waals surface area contributed by atoms with Gasteiger partial charge in [0.05, 0.1) is 5.92 Å². The van der Waals surface area contributed by atoms with Gasteiger partial charge in [0.1, 0.15) is 11.9 Å².